The first kappa shape index (κ1) is 32.5. The molecule has 3 amide bonds. The van der Waals surface area contributed by atoms with Crippen LogP contribution < -0.4 is 25.4 Å². The number of hydrogen-bond acceptors (Lipinski definition) is 6. The molecule has 0 aliphatic carbocycles. The molecule has 0 aromatic heterocycles. The van der Waals surface area contributed by atoms with Gasteiger partial charge in [0.25, 0.3) is 11.8 Å². The normalized spacial score (nSPS) is 11.7. The fraction of sp³-hybridized carbons (Fsp3) is 0.121. The molecule has 4 aromatic carbocycles. The standard InChI is InChI=1S/C33H29Cl2N3O5S/c1-20(31(39)37-28-16-13-25(42-2)19-30(28)43-3)44-26-14-11-24(12-15-26)36-33(41)29(17-22-9-10-23(34)18-27(22)35)38-32(40)21-7-5-4-6-8-21/h4-20H,1-3H3,(H,36,41)(H,37,39)(H,38,40)/b29-17-. The van der Waals surface area contributed by atoms with Gasteiger partial charge < -0.3 is 25.4 Å². The van der Waals surface area contributed by atoms with Crippen molar-refractivity contribution in [2.45, 2.75) is 17.1 Å². The summed E-state index contributed by atoms with van der Waals surface area (Å²) in [5.74, 6) is -0.114. The second kappa shape index (κ2) is 15.3. The number of thioether (sulfide) groups is 1. The third-order valence-electron chi connectivity index (χ3n) is 6.25. The summed E-state index contributed by atoms with van der Waals surface area (Å²) in [6, 6.07) is 25.5. The van der Waals surface area contributed by atoms with E-state index in [1.807, 2.05) is 0 Å². The molecule has 0 saturated carbocycles. The van der Waals surface area contributed by atoms with Gasteiger partial charge in [-0.2, -0.15) is 0 Å². The molecule has 0 heterocycles. The van der Waals surface area contributed by atoms with Crippen LogP contribution in [0.3, 0.4) is 0 Å². The number of halogens is 2. The average Bonchev–Trinajstić information content (AvgIpc) is 3.03. The summed E-state index contributed by atoms with van der Waals surface area (Å²) >= 11 is 13.7. The predicted molar refractivity (Wildman–Crippen MR) is 177 cm³/mol. The molecule has 11 heteroatoms. The number of amides is 3. The third kappa shape index (κ3) is 8.79. The second-order valence-corrected chi connectivity index (χ2v) is 11.6. The number of methoxy groups -OCH3 is 2. The monoisotopic (exact) mass is 649 g/mol. The average molecular weight is 651 g/mol. The quantitative estimate of drug-likeness (QED) is 0.114. The van der Waals surface area contributed by atoms with Gasteiger partial charge in [-0.25, -0.2) is 0 Å². The maximum Gasteiger partial charge on any atom is 0.272 e. The van der Waals surface area contributed by atoms with Gasteiger partial charge in [-0.1, -0.05) is 47.5 Å². The molecule has 4 aromatic rings. The van der Waals surface area contributed by atoms with Crippen LogP contribution in [-0.4, -0.2) is 37.2 Å². The van der Waals surface area contributed by atoms with Crippen LogP contribution in [-0.2, 0) is 9.59 Å². The highest BCUT2D eigenvalue weighted by Gasteiger charge is 2.18. The lowest BCUT2D eigenvalue weighted by molar-refractivity contribution is -0.115. The molecule has 1 atom stereocenters. The van der Waals surface area contributed by atoms with Gasteiger partial charge in [0.05, 0.1) is 25.2 Å². The smallest absolute Gasteiger partial charge is 0.272 e. The molecular formula is C33H29Cl2N3O5S. The first-order valence-corrected chi connectivity index (χ1v) is 14.9. The Kier molecular flexibility index (Phi) is 11.3. The zero-order valence-corrected chi connectivity index (χ0v) is 26.3. The van der Waals surface area contributed by atoms with Crippen molar-refractivity contribution in [1.82, 2.24) is 5.32 Å². The molecule has 0 aliphatic rings. The van der Waals surface area contributed by atoms with Gasteiger partial charge in [-0.15, -0.1) is 11.8 Å². The van der Waals surface area contributed by atoms with Crippen molar-refractivity contribution in [1.29, 1.82) is 0 Å². The molecule has 0 radical (unpaired) electrons. The Labute approximate surface area is 269 Å². The van der Waals surface area contributed by atoms with Gasteiger partial charge in [0.2, 0.25) is 5.91 Å². The van der Waals surface area contributed by atoms with E-state index in [1.54, 1.807) is 105 Å². The lowest BCUT2D eigenvalue weighted by atomic mass is 10.1. The van der Waals surface area contributed by atoms with Crippen molar-refractivity contribution >= 4 is 70.1 Å². The lowest BCUT2D eigenvalue weighted by Crippen LogP contribution is -2.30. The Hall–Kier alpha value is -4.44. The van der Waals surface area contributed by atoms with E-state index in [1.165, 1.54) is 24.9 Å². The minimum Gasteiger partial charge on any atom is -0.497 e. The molecule has 226 valence electrons. The Morgan fingerprint density at radius 3 is 2.23 bits per heavy atom. The molecule has 0 fully saturated rings. The van der Waals surface area contributed by atoms with E-state index in [-0.39, 0.29) is 11.6 Å². The zero-order valence-electron chi connectivity index (χ0n) is 24.0. The number of benzene rings is 4. The fourth-order valence-corrected chi connectivity index (χ4v) is 5.26. The largest absolute Gasteiger partial charge is 0.497 e. The summed E-state index contributed by atoms with van der Waals surface area (Å²) in [5.41, 5.74) is 1.90. The Morgan fingerprint density at radius 1 is 0.841 bits per heavy atom. The number of ether oxygens (including phenoxy) is 2. The number of carbonyl (C=O) groups excluding carboxylic acids is 3. The van der Waals surface area contributed by atoms with Crippen molar-refractivity contribution < 1.29 is 23.9 Å². The van der Waals surface area contributed by atoms with Crippen LogP contribution >= 0.6 is 35.0 Å². The summed E-state index contributed by atoms with van der Waals surface area (Å²) in [5, 5.41) is 8.69. The van der Waals surface area contributed by atoms with E-state index < -0.39 is 17.1 Å². The minimum atomic E-state index is -0.554. The maximum atomic E-state index is 13.3. The summed E-state index contributed by atoms with van der Waals surface area (Å²) in [6.45, 7) is 1.79. The van der Waals surface area contributed by atoms with Crippen molar-refractivity contribution in [3.8, 4) is 11.5 Å². The second-order valence-electron chi connectivity index (χ2n) is 9.34. The van der Waals surface area contributed by atoms with Crippen LogP contribution in [0, 0.1) is 0 Å². The van der Waals surface area contributed by atoms with E-state index in [0.717, 1.165) is 4.90 Å². The van der Waals surface area contributed by atoms with Crippen LogP contribution in [0.2, 0.25) is 10.0 Å². The zero-order chi connectivity index (χ0) is 31.6. The number of rotatable bonds is 11. The molecule has 0 aliphatic heterocycles. The van der Waals surface area contributed by atoms with Gasteiger partial charge in [-0.05, 0) is 79.2 Å². The Balaban J connectivity index is 1.44. The summed E-state index contributed by atoms with van der Waals surface area (Å²) in [4.78, 5) is 39.9. The molecule has 0 bridgehead atoms. The van der Waals surface area contributed by atoms with Gasteiger partial charge in [0.15, 0.2) is 0 Å². The SMILES string of the molecule is COc1ccc(NC(=O)C(C)Sc2ccc(NC(=O)/C(=C/c3ccc(Cl)cc3Cl)NC(=O)c3ccccc3)cc2)c(OC)c1. The Morgan fingerprint density at radius 2 is 1.57 bits per heavy atom. The number of nitrogens with one attached hydrogen (secondary N) is 3. The van der Waals surface area contributed by atoms with E-state index in [2.05, 4.69) is 16.0 Å². The predicted octanol–water partition coefficient (Wildman–Crippen LogP) is 7.54. The van der Waals surface area contributed by atoms with Crippen molar-refractivity contribution in [3.05, 3.63) is 118 Å². The highest BCUT2D eigenvalue weighted by molar-refractivity contribution is 8.00. The van der Waals surface area contributed by atoms with E-state index in [9.17, 15) is 14.4 Å². The van der Waals surface area contributed by atoms with E-state index in [4.69, 9.17) is 32.7 Å². The topological polar surface area (TPSA) is 106 Å². The first-order valence-electron chi connectivity index (χ1n) is 13.3. The highest BCUT2D eigenvalue weighted by atomic mass is 35.5. The van der Waals surface area contributed by atoms with E-state index in [0.29, 0.717) is 44.0 Å². The van der Waals surface area contributed by atoms with Crippen LogP contribution in [0.15, 0.2) is 102 Å². The number of anilines is 2. The summed E-state index contributed by atoms with van der Waals surface area (Å²) in [7, 11) is 3.07. The van der Waals surface area contributed by atoms with Gasteiger partial charge >= 0.3 is 0 Å². The number of hydrogen-bond donors (Lipinski definition) is 3. The molecule has 0 spiro atoms. The molecule has 44 heavy (non-hydrogen) atoms. The van der Waals surface area contributed by atoms with Crippen LogP contribution in [0.4, 0.5) is 11.4 Å². The molecule has 4 rings (SSSR count). The van der Waals surface area contributed by atoms with Crippen molar-refractivity contribution in [2.75, 3.05) is 24.9 Å². The fourth-order valence-electron chi connectivity index (χ4n) is 3.93. The minimum absolute atomic E-state index is 0.0132. The molecular weight excluding hydrogens is 621 g/mol. The van der Waals surface area contributed by atoms with Crippen LogP contribution in [0.1, 0.15) is 22.8 Å². The lowest BCUT2D eigenvalue weighted by Gasteiger charge is -2.15. The Bertz CT molecular complexity index is 1680. The van der Waals surface area contributed by atoms with Crippen LogP contribution in [0.5, 0.6) is 11.5 Å². The maximum absolute atomic E-state index is 13.3. The van der Waals surface area contributed by atoms with Gasteiger partial charge in [0, 0.05) is 32.3 Å². The first-order chi connectivity index (χ1) is 21.2. The molecule has 3 N–H and O–H groups in total. The van der Waals surface area contributed by atoms with Crippen molar-refractivity contribution in [3.63, 3.8) is 0 Å². The van der Waals surface area contributed by atoms with Gasteiger partial charge in [0.1, 0.15) is 17.2 Å². The van der Waals surface area contributed by atoms with E-state index >= 15 is 0 Å². The molecule has 8 nitrogen and oxygen atoms in total. The highest BCUT2D eigenvalue weighted by Crippen LogP contribution is 2.31. The molecule has 0 saturated heterocycles. The van der Waals surface area contributed by atoms with Crippen molar-refractivity contribution in [2.24, 2.45) is 0 Å². The molecule has 1 unspecified atom stereocenters. The van der Waals surface area contributed by atoms with Crippen LogP contribution in [0.25, 0.3) is 6.08 Å². The third-order valence-corrected chi connectivity index (χ3v) is 7.93. The number of carbonyl (C=O) groups is 3. The summed E-state index contributed by atoms with van der Waals surface area (Å²) < 4.78 is 10.6. The summed E-state index contributed by atoms with van der Waals surface area (Å²) in [6.07, 6.45) is 1.48. The van der Waals surface area contributed by atoms with Gasteiger partial charge in [-0.3, -0.25) is 14.4 Å².